The van der Waals surface area contributed by atoms with Gasteiger partial charge in [-0.2, -0.15) is 0 Å². The van der Waals surface area contributed by atoms with Crippen LogP contribution in [0.15, 0.2) is 34.1 Å². The second kappa shape index (κ2) is 4.46. The zero-order valence-electron chi connectivity index (χ0n) is 9.47. The van der Waals surface area contributed by atoms with Crippen LogP contribution in [0.5, 0.6) is 0 Å². The van der Waals surface area contributed by atoms with Crippen LogP contribution in [-0.2, 0) is 10.0 Å². The molecular formula is C11H12N2O2S2. The minimum atomic E-state index is -3.49. The van der Waals surface area contributed by atoms with Gasteiger partial charge in [0.05, 0.1) is 11.7 Å². The zero-order valence-corrected chi connectivity index (χ0v) is 11.1. The maximum atomic E-state index is 11.9. The summed E-state index contributed by atoms with van der Waals surface area (Å²) in [4.78, 5) is 3.76. The van der Waals surface area contributed by atoms with Gasteiger partial charge in [-0.05, 0) is 37.1 Å². The van der Waals surface area contributed by atoms with Crippen molar-refractivity contribution in [3.63, 3.8) is 0 Å². The molecule has 0 aliphatic heterocycles. The van der Waals surface area contributed by atoms with Crippen molar-refractivity contribution in [2.24, 2.45) is 0 Å². The summed E-state index contributed by atoms with van der Waals surface area (Å²) in [6, 6.07) is 5.45. The monoisotopic (exact) mass is 268 g/mol. The van der Waals surface area contributed by atoms with E-state index < -0.39 is 10.0 Å². The number of aromatic nitrogens is 1. The number of benzene rings is 1. The van der Waals surface area contributed by atoms with Crippen LogP contribution in [0, 0.1) is 13.8 Å². The lowest BCUT2D eigenvalue weighted by molar-refractivity contribution is 0.603. The first kappa shape index (κ1) is 12.1. The summed E-state index contributed by atoms with van der Waals surface area (Å²) in [7, 11) is -3.49. The molecule has 17 heavy (non-hydrogen) atoms. The fourth-order valence-electron chi connectivity index (χ4n) is 1.35. The predicted octanol–water partition coefficient (Wildman–Crippen LogP) is 2.56. The first-order chi connectivity index (χ1) is 7.99. The second-order valence-electron chi connectivity index (χ2n) is 3.73. The van der Waals surface area contributed by atoms with E-state index in [1.54, 1.807) is 6.07 Å². The smallest absolute Gasteiger partial charge is 0.273 e. The lowest BCUT2D eigenvalue weighted by Gasteiger charge is -2.07. The predicted molar refractivity (Wildman–Crippen MR) is 68.8 cm³/mol. The van der Waals surface area contributed by atoms with Gasteiger partial charge in [-0.1, -0.05) is 6.07 Å². The molecule has 0 atom stereocenters. The zero-order chi connectivity index (χ0) is 12.5. The minimum Gasteiger partial charge on any atom is -0.279 e. The molecule has 2 aromatic rings. The first-order valence-corrected chi connectivity index (χ1v) is 7.34. The van der Waals surface area contributed by atoms with Crippen molar-refractivity contribution in [3.05, 3.63) is 41.0 Å². The number of thiazole rings is 1. The lowest BCUT2D eigenvalue weighted by Crippen LogP contribution is -2.11. The molecule has 1 heterocycles. The third-order valence-electron chi connectivity index (χ3n) is 2.43. The summed E-state index contributed by atoms with van der Waals surface area (Å²) >= 11 is 1.09. The molecule has 0 bridgehead atoms. The highest BCUT2D eigenvalue weighted by Gasteiger charge is 2.15. The number of aryl methyl sites for hydroxylation is 2. The Morgan fingerprint density at radius 1 is 1.24 bits per heavy atom. The Bertz CT molecular complexity index is 619. The summed E-state index contributed by atoms with van der Waals surface area (Å²) in [6.45, 7) is 3.93. The number of hydrogen-bond acceptors (Lipinski definition) is 4. The van der Waals surface area contributed by atoms with Gasteiger partial charge in [0, 0.05) is 5.69 Å². The van der Waals surface area contributed by atoms with Gasteiger partial charge in [0.2, 0.25) is 0 Å². The number of sulfonamides is 1. The molecule has 1 N–H and O–H groups in total. The normalized spacial score (nSPS) is 11.4. The van der Waals surface area contributed by atoms with E-state index in [0.717, 1.165) is 22.5 Å². The minimum absolute atomic E-state index is 0.218. The summed E-state index contributed by atoms with van der Waals surface area (Å²) in [5.74, 6) is 0. The molecule has 0 saturated carbocycles. The molecule has 1 aromatic carbocycles. The molecule has 0 aliphatic carbocycles. The van der Waals surface area contributed by atoms with Crippen molar-refractivity contribution in [2.45, 2.75) is 18.1 Å². The van der Waals surface area contributed by atoms with Crippen molar-refractivity contribution in [1.29, 1.82) is 0 Å². The van der Waals surface area contributed by atoms with E-state index >= 15 is 0 Å². The van der Waals surface area contributed by atoms with Crippen LogP contribution in [-0.4, -0.2) is 13.4 Å². The van der Waals surface area contributed by atoms with Gasteiger partial charge in [0.1, 0.15) is 0 Å². The lowest BCUT2D eigenvalue weighted by atomic mass is 10.1. The van der Waals surface area contributed by atoms with Gasteiger partial charge in [0.25, 0.3) is 10.0 Å². The molecule has 0 aliphatic rings. The van der Waals surface area contributed by atoms with Gasteiger partial charge in [0.15, 0.2) is 4.21 Å². The van der Waals surface area contributed by atoms with Crippen LogP contribution < -0.4 is 4.72 Å². The first-order valence-electron chi connectivity index (χ1n) is 4.97. The fraction of sp³-hybridized carbons (Fsp3) is 0.182. The Labute approximate surface area is 104 Å². The highest BCUT2D eigenvalue weighted by atomic mass is 32.2. The SMILES string of the molecule is Cc1ccc(NS(=O)(=O)c2cncs2)cc1C. The van der Waals surface area contributed by atoms with E-state index in [4.69, 9.17) is 0 Å². The number of nitrogens with one attached hydrogen (secondary N) is 1. The van der Waals surface area contributed by atoms with Gasteiger partial charge in [-0.25, -0.2) is 8.42 Å². The molecule has 2 rings (SSSR count). The van der Waals surface area contributed by atoms with Crippen LogP contribution in [0.1, 0.15) is 11.1 Å². The Balaban J connectivity index is 2.30. The Morgan fingerprint density at radius 2 is 2.00 bits per heavy atom. The standard InChI is InChI=1S/C11H12N2O2S2/c1-8-3-4-10(5-9(8)2)13-17(14,15)11-6-12-7-16-11/h3-7,13H,1-2H3. The van der Waals surface area contributed by atoms with E-state index in [0.29, 0.717) is 5.69 Å². The molecule has 90 valence electrons. The largest absolute Gasteiger partial charge is 0.279 e. The average molecular weight is 268 g/mol. The molecule has 0 unspecified atom stereocenters. The quantitative estimate of drug-likeness (QED) is 0.930. The van der Waals surface area contributed by atoms with Crippen molar-refractivity contribution in [1.82, 2.24) is 4.98 Å². The van der Waals surface area contributed by atoms with E-state index in [2.05, 4.69) is 9.71 Å². The molecule has 0 saturated heterocycles. The van der Waals surface area contributed by atoms with Crippen LogP contribution in [0.2, 0.25) is 0 Å². The summed E-state index contributed by atoms with van der Waals surface area (Å²) in [5, 5.41) is 0. The third kappa shape index (κ3) is 2.65. The maximum Gasteiger partial charge on any atom is 0.273 e. The highest BCUT2D eigenvalue weighted by molar-refractivity contribution is 7.94. The number of anilines is 1. The van der Waals surface area contributed by atoms with Gasteiger partial charge >= 0.3 is 0 Å². The van der Waals surface area contributed by atoms with Gasteiger partial charge < -0.3 is 0 Å². The van der Waals surface area contributed by atoms with Crippen LogP contribution in [0.4, 0.5) is 5.69 Å². The van der Waals surface area contributed by atoms with E-state index in [1.165, 1.54) is 11.7 Å². The maximum absolute atomic E-state index is 11.9. The fourth-order valence-corrected chi connectivity index (χ4v) is 3.19. The molecule has 4 nitrogen and oxygen atoms in total. The highest BCUT2D eigenvalue weighted by Crippen LogP contribution is 2.20. The Morgan fingerprint density at radius 3 is 2.59 bits per heavy atom. The van der Waals surface area contributed by atoms with Crippen molar-refractivity contribution < 1.29 is 8.42 Å². The summed E-state index contributed by atoms with van der Waals surface area (Å²) in [6.07, 6.45) is 1.34. The summed E-state index contributed by atoms with van der Waals surface area (Å²) in [5.41, 5.74) is 4.25. The van der Waals surface area contributed by atoms with E-state index in [-0.39, 0.29) is 4.21 Å². The molecule has 1 aromatic heterocycles. The molecule has 0 amide bonds. The molecule has 0 radical (unpaired) electrons. The van der Waals surface area contributed by atoms with Crippen LogP contribution >= 0.6 is 11.3 Å². The van der Waals surface area contributed by atoms with E-state index in [9.17, 15) is 8.42 Å². The Hall–Kier alpha value is -1.40. The topological polar surface area (TPSA) is 59.1 Å². The number of nitrogens with zero attached hydrogens (tertiary/aromatic N) is 1. The molecule has 0 fully saturated rings. The van der Waals surface area contributed by atoms with Gasteiger partial charge in [-0.3, -0.25) is 9.71 Å². The number of hydrogen-bond donors (Lipinski definition) is 1. The molecular weight excluding hydrogens is 256 g/mol. The van der Waals surface area contributed by atoms with Crippen LogP contribution in [0.3, 0.4) is 0 Å². The molecule has 6 heteroatoms. The van der Waals surface area contributed by atoms with Crippen molar-refractivity contribution >= 4 is 27.0 Å². The van der Waals surface area contributed by atoms with E-state index in [1.807, 2.05) is 26.0 Å². The Kier molecular flexibility index (Phi) is 3.17. The molecule has 0 spiro atoms. The second-order valence-corrected chi connectivity index (χ2v) is 6.52. The average Bonchev–Trinajstić information content (AvgIpc) is 2.77. The third-order valence-corrected chi connectivity index (χ3v) is 5.08. The number of rotatable bonds is 3. The summed E-state index contributed by atoms with van der Waals surface area (Å²) < 4.78 is 26.6. The van der Waals surface area contributed by atoms with Crippen molar-refractivity contribution in [2.75, 3.05) is 4.72 Å². The van der Waals surface area contributed by atoms with Crippen molar-refractivity contribution in [3.8, 4) is 0 Å². The van der Waals surface area contributed by atoms with Crippen LogP contribution in [0.25, 0.3) is 0 Å². The van der Waals surface area contributed by atoms with Gasteiger partial charge in [-0.15, -0.1) is 11.3 Å².